The van der Waals surface area contributed by atoms with Gasteiger partial charge in [-0.05, 0) is 25.0 Å². The van der Waals surface area contributed by atoms with Crippen LogP contribution in [0.3, 0.4) is 0 Å². The lowest BCUT2D eigenvalue weighted by molar-refractivity contribution is -0.139. The summed E-state index contributed by atoms with van der Waals surface area (Å²) in [5, 5.41) is 14.1. The summed E-state index contributed by atoms with van der Waals surface area (Å²) in [5.41, 5.74) is 0.424. The summed E-state index contributed by atoms with van der Waals surface area (Å²) in [5.74, 6) is -0.761. The molecule has 7 heteroatoms. The van der Waals surface area contributed by atoms with Gasteiger partial charge in [0.1, 0.15) is 5.75 Å². The largest absolute Gasteiger partial charge is 0.480 e. The summed E-state index contributed by atoms with van der Waals surface area (Å²) in [6.07, 6.45) is 1.80. The Bertz CT molecular complexity index is 500. The van der Waals surface area contributed by atoms with Crippen molar-refractivity contribution in [2.45, 2.75) is 18.9 Å². The average molecular weight is 294 g/mol. The van der Waals surface area contributed by atoms with Crippen molar-refractivity contribution in [1.82, 2.24) is 5.32 Å². The van der Waals surface area contributed by atoms with E-state index in [1.807, 2.05) is 0 Å². The van der Waals surface area contributed by atoms with Crippen LogP contribution in [0, 0.1) is 0 Å². The number of urea groups is 1. The van der Waals surface area contributed by atoms with E-state index >= 15 is 0 Å². The van der Waals surface area contributed by atoms with E-state index in [2.05, 4.69) is 10.6 Å². The molecular formula is C14H18N2O5. The predicted molar refractivity (Wildman–Crippen MR) is 75.6 cm³/mol. The Labute approximate surface area is 122 Å². The number of benzene rings is 1. The van der Waals surface area contributed by atoms with Crippen LogP contribution < -0.4 is 15.4 Å². The summed E-state index contributed by atoms with van der Waals surface area (Å²) in [7, 11) is 0. The van der Waals surface area contributed by atoms with Gasteiger partial charge in [-0.25, -0.2) is 9.59 Å². The summed E-state index contributed by atoms with van der Waals surface area (Å²) < 4.78 is 10.4. The molecule has 0 spiro atoms. The van der Waals surface area contributed by atoms with Gasteiger partial charge in [-0.2, -0.15) is 0 Å². The van der Waals surface area contributed by atoms with E-state index < -0.39 is 12.6 Å². The fourth-order valence-corrected chi connectivity index (χ4v) is 2.03. The standard InChI is InChI=1S/C14H18N2O5/c17-13(18)9-21-12-6-2-1-5-11(12)16-14(19)15-10-4-3-7-20-8-10/h1-2,5-6,10H,3-4,7-9H2,(H,17,18)(H2,15,16,19). The topological polar surface area (TPSA) is 96.9 Å². The number of hydrogen-bond acceptors (Lipinski definition) is 4. The lowest BCUT2D eigenvalue weighted by atomic mass is 10.1. The van der Waals surface area contributed by atoms with Gasteiger partial charge in [0.25, 0.3) is 0 Å². The van der Waals surface area contributed by atoms with Crippen LogP contribution in [0.15, 0.2) is 24.3 Å². The SMILES string of the molecule is O=C(O)COc1ccccc1NC(=O)NC1CCCOC1. The Hall–Kier alpha value is -2.28. The molecule has 114 valence electrons. The molecule has 1 saturated heterocycles. The van der Waals surface area contributed by atoms with E-state index in [4.69, 9.17) is 14.6 Å². The highest BCUT2D eigenvalue weighted by molar-refractivity contribution is 5.91. The molecule has 0 radical (unpaired) electrons. The molecule has 2 rings (SSSR count). The number of carboxylic acid groups (broad SMARTS) is 1. The molecule has 7 nitrogen and oxygen atoms in total. The fourth-order valence-electron chi connectivity index (χ4n) is 2.03. The van der Waals surface area contributed by atoms with Crippen LogP contribution in [-0.4, -0.2) is 43.0 Å². The summed E-state index contributed by atoms with van der Waals surface area (Å²) in [6, 6.07) is 6.31. The third kappa shape index (κ3) is 4.96. The van der Waals surface area contributed by atoms with Crippen LogP contribution in [0.25, 0.3) is 0 Å². The number of rotatable bonds is 5. The van der Waals surface area contributed by atoms with Crippen molar-refractivity contribution in [3.63, 3.8) is 0 Å². The lowest BCUT2D eigenvalue weighted by Crippen LogP contribution is -2.42. The third-order valence-corrected chi connectivity index (χ3v) is 2.98. The second-order valence-corrected chi connectivity index (χ2v) is 4.69. The maximum absolute atomic E-state index is 11.9. The van der Waals surface area contributed by atoms with Crippen LogP contribution in [0.1, 0.15) is 12.8 Å². The minimum absolute atomic E-state index is 0.00847. The van der Waals surface area contributed by atoms with Crippen LogP contribution in [0.2, 0.25) is 0 Å². The van der Waals surface area contributed by atoms with Crippen LogP contribution >= 0.6 is 0 Å². The Morgan fingerprint density at radius 2 is 2.19 bits per heavy atom. The number of anilines is 1. The molecule has 1 atom stereocenters. The number of aliphatic carboxylic acids is 1. The van der Waals surface area contributed by atoms with Crippen molar-refractivity contribution in [2.75, 3.05) is 25.1 Å². The van der Waals surface area contributed by atoms with Gasteiger partial charge >= 0.3 is 12.0 Å². The van der Waals surface area contributed by atoms with Crippen LogP contribution in [0.5, 0.6) is 5.75 Å². The minimum Gasteiger partial charge on any atom is -0.480 e. The molecule has 0 aliphatic carbocycles. The summed E-state index contributed by atoms with van der Waals surface area (Å²) in [6.45, 7) is 0.771. The van der Waals surface area contributed by atoms with E-state index in [9.17, 15) is 9.59 Å². The van der Waals surface area contributed by atoms with Gasteiger partial charge in [-0.15, -0.1) is 0 Å². The first-order valence-corrected chi connectivity index (χ1v) is 6.74. The van der Waals surface area contributed by atoms with Crippen LogP contribution in [0.4, 0.5) is 10.5 Å². The number of ether oxygens (including phenoxy) is 2. The molecule has 1 aromatic carbocycles. The summed E-state index contributed by atoms with van der Waals surface area (Å²) in [4.78, 5) is 22.5. The Kier molecular flexibility index (Phi) is 5.39. The molecule has 1 aromatic rings. The number of nitrogens with one attached hydrogen (secondary N) is 2. The van der Waals surface area contributed by atoms with Gasteiger partial charge in [0.15, 0.2) is 6.61 Å². The second-order valence-electron chi connectivity index (χ2n) is 4.69. The van der Waals surface area contributed by atoms with Gasteiger partial charge < -0.3 is 25.2 Å². The Morgan fingerprint density at radius 1 is 1.38 bits per heavy atom. The molecular weight excluding hydrogens is 276 g/mol. The van der Waals surface area contributed by atoms with Crippen LogP contribution in [-0.2, 0) is 9.53 Å². The molecule has 1 unspecified atom stereocenters. The number of carbonyl (C=O) groups excluding carboxylic acids is 1. The van der Waals surface area contributed by atoms with E-state index in [-0.39, 0.29) is 12.1 Å². The molecule has 0 bridgehead atoms. The van der Waals surface area contributed by atoms with Gasteiger partial charge in [0.05, 0.1) is 18.3 Å². The number of carboxylic acids is 1. The number of para-hydroxylation sites is 2. The zero-order valence-corrected chi connectivity index (χ0v) is 11.5. The highest BCUT2D eigenvalue weighted by Crippen LogP contribution is 2.23. The second kappa shape index (κ2) is 7.49. The molecule has 0 saturated carbocycles. The first-order valence-electron chi connectivity index (χ1n) is 6.74. The molecule has 0 aromatic heterocycles. The fraction of sp³-hybridized carbons (Fsp3) is 0.429. The number of hydrogen-bond donors (Lipinski definition) is 3. The smallest absolute Gasteiger partial charge is 0.341 e. The van der Waals surface area contributed by atoms with Crippen molar-refractivity contribution in [3.8, 4) is 5.75 Å². The molecule has 2 amide bonds. The minimum atomic E-state index is -1.08. The predicted octanol–water partition coefficient (Wildman–Crippen LogP) is 1.45. The first-order chi connectivity index (χ1) is 10.1. The van der Waals surface area contributed by atoms with Gasteiger partial charge in [-0.1, -0.05) is 12.1 Å². The van der Waals surface area contributed by atoms with Crippen molar-refractivity contribution < 1.29 is 24.2 Å². The maximum Gasteiger partial charge on any atom is 0.341 e. The highest BCUT2D eigenvalue weighted by Gasteiger charge is 2.17. The third-order valence-electron chi connectivity index (χ3n) is 2.98. The molecule has 1 aliphatic rings. The quantitative estimate of drug-likeness (QED) is 0.763. The monoisotopic (exact) mass is 294 g/mol. The molecule has 1 heterocycles. The molecule has 1 aliphatic heterocycles. The first kappa shape index (κ1) is 15.1. The van der Waals surface area contributed by atoms with Crippen molar-refractivity contribution in [2.24, 2.45) is 0 Å². The van der Waals surface area contributed by atoms with E-state index in [0.717, 1.165) is 19.4 Å². The van der Waals surface area contributed by atoms with E-state index in [0.29, 0.717) is 18.0 Å². The molecule has 21 heavy (non-hydrogen) atoms. The van der Waals surface area contributed by atoms with Crippen molar-refractivity contribution in [1.29, 1.82) is 0 Å². The van der Waals surface area contributed by atoms with Gasteiger partial charge in [0.2, 0.25) is 0 Å². The van der Waals surface area contributed by atoms with Crippen molar-refractivity contribution >= 4 is 17.7 Å². The zero-order valence-electron chi connectivity index (χ0n) is 11.5. The Balaban J connectivity index is 1.91. The van der Waals surface area contributed by atoms with Gasteiger partial charge in [-0.3, -0.25) is 0 Å². The van der Waals surface area contributed by atoms with Gasteiger partial charge in [0, 0.05) is 6.61 Å². The Morgan fingerprint density at radius 3 is 2.90 bits per heavy atom. The molecule has 3 N–H and O–H groups in total. The normalized spacial score (nSPS) is 17.8. The number of carbonyl (C=O) groups is 2. The lowest BCUT2D eigenvalue weighted by Gasteiger charge is -2.23. The number of amides is 2. The average Bonchev–Trinajstić information content (AvgIpc) is 2.47. The van der Waals surface area contributed by atoms with E-state index in [1.165, 1.54) is 0 Å². The summed E-state index contributed by atoms with van der Waals surface area (Å²) >= 11 is 0. The van der Waals surface area contributed by atoms with Crippen molar-refractivity contribution in [3.05, 3.63) is 24.3 Å². The molecule has 1 fully saturated rings. The van der Waals surface area contributed by atoms with E-state index in [1.54, 1.807) is 24.3 Å². The maximum atomic E-state index is 11.9. The highest BCUT2D eigenvalue weighted by atomic mass is 16.5. The zero-order chi connectivity index (χ0) is 15.1.